The number of nitrogens with two attached hydrogens (primary N) is 1. The summed E-state index contributed by atoms with van der Waals surface area (Å²) < 4.78 is 3.94. The molecule has 0 aromatic rings. The van der Waals surface area contributed by atoms with Crippen molar-refractivity contribution in [3.8, 4) is 0 Å². The summed E-state index contributed by atoms with van der Waals surface area (Å²) in [7, 11) is -0.547. The van der Waals surface area contributed by atoms with Gasteiger partial charge in [-0.05, 0) is 0 Å². The number of nitrogens with one attached hydrogen (secondary N) is 1. The first kappa shape index (κ1) is 15.7. The van der Waals surface area contributed by atoms with Crippen LogP contribution in [0.5, 0.6) is 0 Å². The first-order chi connectivity index (χ1) is 5.90. The molecular formula is C7H21N2O3P. The van der Waals surface area contributed by atoms with Gasteiger partial charge >= 0.3 is 0 Å². The molecule has 82 valence electrons. The van der Waals surface area contributed by atoms with Crippen molar-refractivity contribution >= 4 is 8.53 Å². The summed E-state index contributed by atoms with van der Waals surface area (Å²) >= 11 is 0. The van der Waals surface area contributed by atoms with E-state index >= 15 is 0 Å². The molecule has 1 unspecified atom stereocenters. The maximum atomic E-state index is 8.05. The molecule has 5 nitrogen and oxygen atoms in total. The molecule has 0 amide bonds. The minimum Gasteiger partial charge on any atom is -0.336 e. The van der Waals surface area contributed by atoms with Gasteiger partial charge in [0.2, 0.25) is 0 Å². The Bertz CT molecular complexity index is 95.7. The van der Waals surface area contributed by atoms with Gasteiger partial charge in [-0.1, -0.05) is 27.7 Å². The van der Waals surface area contributed by atoms with Crippen LogP contribution in [0.4, 0.5) is 0 Å². The van der Waals surface area contributed by atoms with E-state index in [9.17, 15) is 0 Å². The van der Waals surface area contributed by atoms with Gasteiger partial charge in [0.15, 0.2) is 0 Å². The molecule has 0 saturated carbocycles. The number of hydrogen-bond donors (Lipinski definition) is 3. The van der Waals surface area contributed by atoms with Crippen LogP contribution in [0.15, 0.2) is 0 Å². The van der Waals surface area contributed by atoms with Crippen LogP contribution in [-0.4, -0.2) is 24.1 Å². The molecule has 0 rings (SSSR count). The maximum Gasteiger partial charge on any atom is 0.283 e. The molecule has 0 aliphatic carbocycles. The Morgan fingerprint density at radius 2 is 1.62 bits per heavy atom. The van der Waals surface area contributed by atoms with Crippen LogP contribution < -0.4 is 10.8 Å². The highest BCUT2D eigenvalue weighted by Crippen LogP contribution is 2.17. The molecule has 0 fully saturated rings. The normalized spacial score (nSPS) is 12.7. The van der Waals surface area contributed by atoms with Gasteiger partial charge in [0.25, 0.3) is 8.53 Å². The molecule has 13 heavy (non-hydrogen) atoms. The van der Waals surface area contributed by atoms with Crippen LogP contribution >= 0.6 is 8.53 Å². The predicted molar refractivity (Wildman–Crippen MR) is 54.8 cm³/mol. The van der Waals surface area contributed by atoms with Crippen LogP contribution in [0.2, 0.25) is 0 Å². The van der Waals surface area contributed by atoms with Crippen molar-refractivity contribution in [1.82, 2.24) is 5.32 Å². The third-order valence-corrected chi connectivity index (χ3v) is 1.12. The third-order valence-electron chi connectivity index (χ3n) is 0.818. The van der Waals surface area contributed by atoms with Crippen LogP contribution in [0.1, 0.15) is 27.7 Å². The van der Waals surface area contributed by atoms with Crippen LogP contribution in [-0.2, 0) is 9.56 Å². The lowest BCUT2D eigenvalue weighted by molar-refractivity contribution is -0.176. The minimum absolute atomic E-state index is 0.625. The molecular weight excluding hydrogens is 191 g/mol. The van der Waals surface area contributed by atoms with Crippen molar-refractivity contribution in [2.75, 3.05) is 7.11 Å². The second-order valence-corrected chi connectivity index (χ2v) is 3.77. The Kier molecular flexibility index (Phi) is 12.4. The van der Waals surface area contributed by atoms with E-state index in [-0.39, 0.29) is 0 Å². The quantitative estimate of drug-likeness (QED) is 0.370. The van der Waals surface area contributed by atoms with E-state index in [1.165, 1.54) is 7.11 Å². The summed E-state index contributed by atoms with van der Waals surface area (Å²) in [5.74, 6) is 0. The fraction of sp³-hybridized carbons (Fsp3) is 1.00. The van der Waals surface area contributed by atoms with E-state index in [1.807, 2.05) is 0 Å². The first-order valence-corrected chi connectivity index (χ1v) is 5.38. The fourth-order valence-electron chi connectivity index (χ4n) is 0.743. The van der Waals surface area contributed by atoms with Gasteiger partial charge < -0.3 is 10.2 Å². The zero-order valence-electron chi connectivity index (χ0n) is 8.94. The summed E-state index contributed by atoms with van der Waals surface area (Å²) in [5, 5.41) is 3.31. The van der Waals surface area contributed by atoms with E-state index < -0.39 is 8.53 Å². The van der Waals surface area contributed by atoms with Crippen molar-refractivity contribution in [2.24, 2.45) is 5.50 Å². The topological polar surface area (TPSA) is 76.7 Å². The average Bonchev–Trinajstić information content (AvgIpc) is 1.83. The molecule has 0 aliphatic rings. The van der Waals surface area contributed by atoms with Crippen molar-refractivity contribution in [3.05, 3.63) is 0 Å². The average molecular weight is 212 g/mol. The summed E-state index contributed by atoms with van der Waals surface area (Å²) in [6.45, 7) is 8.61. The monoisotopic (exact) mass is 212 g/mol. The predicted octanol–water partition coefficient (Wildman–Crippen LogP) is 1.14. The van der Waals surface area contributed by atoms with Gasteiger partial charge in [-0.25, -0.2) is 4.89 Å². The van der Waals surface area contributed by atoms with Gasteiger partial charge in [0.1, 0.15) is 0 Å². The lowest BCUT2D eigenvalue weighted by Crippen LogP contribution is -2.29. The summed E-state index contributed by atoms with van der Waals surface area (Å²) in [6, 6.07) is 1.25. The second-order valence-electron chi connectivity index (χ2n) is 3.02. The van der Waals surface area contributed by atoms with Crippen molar-refractivity contribution in [2.45, 2.75) is 39.8 Å². The van der Waals surface area contributed by atoms with Gasteiger partial charge in [0, 0.05) is 12.1 Å². The van der Waals surface area contributed by atoms with E-state index in [4.69, 9.17) is 4.89 Å². The summed E-state index contributed by atoms with van der Waals surface area (Å²) in [4.78, 5) is 12.0. The van der Waals surface area contributed by atoms with E-state index in [1.54, 1.807) is 0 Å². The van der Waals surface area contributed by atoms with E-state index in [2.05, 4.69) is 48.1 Å². The van der Waals surface area contributed by atoms with E-state index in [0.717, 1.165) is 0 Å². The standard InChI is InChI=1S/C6H15N.CH6NO3P/c1-5(2)7-6(3)4;1-4-5-6(2)3/h5-7H,1-4H3;3H,2H2,1H3. The fourth-order valence-corrected chi connectivity index (χ4v) is 0.896. The smallest absolute Gasteiger partial charge is 0.283 e. The minimum atomic E-state index is -1.82. The highest BCUT2D eigenvalue weighted by molar-refractivity contribution is 7.43. The van der Waals surface area contributed by atoms with Crippen molar-refractivity contribution in [3.63, 3.8) is 0 Å². The summed E-state index contributed by atoms with van der Waals surface area (Å²) in [5.41, 5.74) is 4.68. The molecule has 0 aromatic carbocycles. The van der Waals surface area contributed by atoms with Crippen molar-refractivity contribution < 1.29 is 14.5 Å². The Labute approximate surface area is 81.5 Å². The van der Waals surface area contributed by atoms with Crippen LogP contribution in [0.3, 0.4) is 0 Å². The highest BCUT2D eigenvalue weighted by Gasteiger charge is 1.92. The van der Waals surface area contributed by atoms with Gasteiger partial charge in [-0.15, -0.1) is 0 Å². The Morgan fingerprint density at radius 3 is 1.62 bits per heavy atom. The zero-order chi connectivity index (χ0) is 10.9. The second kappa shape index (κ2) is 10.3. The molecule has 0 spiro atoms. The highest BCUT2D eigenvalue weighted by atomic mass is 31.2. The molecule has 0 aliphatic heterocycles. The van der Waals surface area contributed by atoms with E-state index in [0.29, 0.717) is 12.1 Å². The SMILES string of the molecule is CC(C)NC(C)C.COOP(N)O. The van der Waals surface area contributed by atoms with Gasteiger partial charge in [-0.2, -0.15) is 4.67 Å². The Morgan fingerprint density at radius 1 is 1.23 bits per heavy atom. The molecule has 0 aromatic heterocycles. The Balaban J connectivity index is 0. The van der Waals surface area contributed by atoms with Gasteiger partial charge in [0.05, 0.1) is 7.11 Å². The number of hydrogen-bond acceptors (Lipinski definition) is 5. The van der Waals surface area contributed by atoms with Crippen LogP contribution in [0.25, 0.3) is 0 Å². The first-order valence-electron chi connectivity index (χ1n) is 4.10. The molecule has 0 radical (unpaired) electrons. The zero-order valence-corrected chi connectivity index (χ0v) is 9.84. The molecule has 6 heteroatoms. The lowest BCUT2D eigenvalue weighted by Gasteiger charge is -2.10. The molecule has 1 atom stereocenters. The largest absolute Gasteiger partial charge is 0.336 e. The summed E-state index contributed by atoms with van der Waals surface area (Å²) in [6.07, 6.45) is 0. The third kappa shape index (κ3) is 24.5. The molecule has 0 bridgehead atoms. The molecule has 0 heterocycles. The maximum absolute atomic E-state index is 8.05. The van der Waals surface area contributed by atoms with Gasteiger partial charge in [-0.3, -0.25) is 5.50 Å². The number of rotatable bonds is 4. The Hall–Kier alpha value is 0.230. The lowest BCUT2D eigenvalue weighted by atomic mass is 10.3. The molecule has 0 saturated heterocycles. The van der Waals surface area contributed by atoms with Crippen molar-refractivity contribution in [1.29, 1.82) is 0 Å². The van der Waals surface area contributed by atoms with Crippen LogP contribution in [0, 0.1) is 0 Å². The molecule has 4 N–H and O–H groups in total.